The lowest BCUT2D eigenvalue weighted by molar-refractivity contribution is 0.198. The van der Waals surface area contributed by atoms with Crippen molar-refractivity contribution in [1.29, 1.82) is 5.26 Å². The van der Waals surface area contributed by atoms with Crippen molar-refractivity contribution in [2.45, 2.75) is 33.0 Å². The summed E-state index contributed by atoms with van der Waals surface area (Å²) in [4.78, 5) is 2.26. The van der Waals surface area contributed by atoms with Gasteiger partial charge in [0.25, 0.3) is 0 Å². The lowest BCUT2D eigenvalue weighted by Crippen LogP contribution is -2.33. The van der Waals surface area contributed by atoms with Gasteiger partial charge in [-0.1, -0.05) is 38.1 Å². The van der Waals surface area contributed by atoms with Crippen molar-refractivity contribution in [1.82, 2.24) is 4.90 Å². The van der Waals surface area contributed by atoms with Crippen LogP contribution in [0.4, 0.5) is 0 Å². The van der Waals surface area contributed by atoms with E-state index in [2.05, 4.69) is 49.1 Å². The van der Waals surface area contributed by atoms with Gasteiger partial charge in [-0.2, -0.15) is 5.26 Å². The maximum absolute atomic E-state index is 9.14. The van der Waals surface area contributed by atoms with Crippen LogP contribution in [-0.2, 0) is 13.1 Å². The molecule has 15 heavy (non-hydrogen) atoms. The summed E-state index contributed by atoms with van der Waals surface area (Å²) in [7, 11) is 0. The minimum Gasteiger partial charge on any atom is -0.279 e. The first-order valence-corrected chi connectivity index (χ1v) is 5.43. The van der Waals surface area contributed by atoms with Gasteiger partial charge in [0.1, 0.15) is 6.04 Å². The number of rotatable bonds is 2. The van der Waals surface area contributed by atoms with Crippen LogP contribution in [0.2, 0.25) is 0 Å². The maximum Gasteiger partial charge on any atom is 0.101 e. The normalized spacial score (nSPS) is 17.5. The molecule has 0 amide bonds. The standard InChI is InChI=1S/C13H16N2/c1-10(2)13(7-14)15-8-11-5-3-4-6-12(11)9-15/h3-6,10,13H,8-9H2,1-2H3. The first-order chi connectivity index (χ1) is 7.22. The topological polar surface area (TPSA) is 27.0 Å². The second kappa shape index (κ2) is 4.04. The fourth-order valence-electron chi connectivity index (χ4n) is 2.21. The van der Waals surface area contributed by atoms with Crippen molar-refractivity contribution in [2.24, 2.45) is 5.92 Å². The van der Waals surface area contributed by atoms with E-state index in [1.54, 1.807) is 0 Å². The highest BCUT2D eigenvalue weighted by Gasteiger charge is 2.27. The lowest BCUT2D eigenvalue weighted by Gasteiger charge is -2.24. The van der Waals surface area contributed by atoms with Gasteiger partial charge in [0, 0.05) is 13.1 Å². The Morgan fingerprint density at radius 2 is 1.73 bits per heavy atom. The van der Waals surface area contributed by atoms with E-state index in [1.165, 1.54) is 11.1 Å². The fourth-order valence-corrected chi connectivity index (χ4v) is 2.21. The molecule has 1 aromatic carbocycles. The molecule has 0 spiro atoms. The molecule has 1 aliphatic heterocycles. The van der Waals surface area contributed by atoms with Crippen molar-refractivity contribution in [3.63, 3.8) is 0 Å². The molecule has 0 saturated carbocycles. The Kier molecular flexibility index (Phi) is 2.75. The van der Waals surface area contributed by atoms with Crippen molar-refractivity contribution in [2.75, 3.05) is 0 Å². The van der Waals surface area contributed by atoms with Crippen LogP contribution in [0.3, 0.4) is 0 Å². The Balaban J connectivity index is 2.16. The van der Waals surface area contributed by atoms with Gasteiger partial charge in [-0.25, -0.2) is 0 Å². The predicted molar refractivity (Wildman–Crippen MR) is 59.9 cm³/mol. The third-order valence-corrected chi connectivity index (χ3v) is 3.02. The van der Waals surface area contributed by atoms with Crippen LogP contribution >= 0.6 is 0 Å². The van der Waals surface area contributed by atoms with Gasteiger partial charge in [-0.15, -0.1) is 0 Å². The van der Waals surface area contributed by atoms with E-state index in [4.69, 9.17) is 5.26 Å². The van der Waals surface area contributed by atoms with E-state index in [0.29, 0.717) is 5.92 Å². The van der Waals surface area contributed by atoms with Crippen LogP contribution < -0.4 is 0 Å². The van der Waals surface area contributed by atoms with Gasteiger partial charge in [-0.05, 0) is 17.0 Å². The summed E-state index contributed by atoms with van der Waals surface area (Å²) in [6, 6.07) is 10.9. The highest BCUT2D eigenvalue weighted by atomic mass is 15.2. The minimum atomic E-state index is 0.0393. The quantitative estimate of drug-likeness (QED) is 0.733. The Morgan fingerprint density at radius 1 is 1.20 bits per heavy atom. The predicted octanol–water partition coefficient (Wildman–Crippen LogP) is 2.55. The molecular formula is C13H16N2. The van der Waals surface area contributed by atoms with E-state index in [1.807, 2.05) is 0 Å². The monoisotopic (exact) mass is 200 g/mol. The largest absolute Gasteiger partial charge is 0.279 e. The molecule has 0 saturated heterocycles. The summed E-state index contributed by atoms with van der Waals surface area (Å²) in [5.74, 6) is 0.393. The van der Waals surface area contributed by atoms with E-state index in [-0.39, 0.29) is 6.04 Å². The average molecular weight is 200 g/mol. The second-order valence-corrected chi connectivity index (χ2v) is 4.49. The molecule has 1 atom stereocenters. The maximum atomic E-state index is 9.14. The Bertz CT molecular complexity index is 365. The molecule has 1 aliphatic rings. The molecule has 0 N–H and O–H groups in total. The molecule has 1 aromatic rings. The lowest BCUT2D eigenvalue weighted by atomic mass is 10.0. The summed E-state index contributed by atoms with van der Waals surface area (Å²) < 4.78 is 0. The summed E-state index contributed by atoms with van der Waals surface area (Å²) in [6.07, 6.45) is 0. The van der Waals surface area contributed by atoms with Gasteiger partial charge in [-0.3, -0.25) is 4.90 Å². The molecule has 78 valence electrons. The first-order valence-electron chi connectivity index (χ1n) is 5.43. The third-order valence-electron chi connectivity index (χ3n) is 3.02. The zero-order valence-corrected chi connectivity index (χ0v) is 9.27. The average Bonchev–Trinajstić information content (AvgIpc) is 2.61. The Hall–Kier alpha value is -1.33. The summed E-state index contributed by atoms with van der Waals surface area (Å²) in [5, 5.41) is 9.14. The molecule has 0 radical (unpaired) electrons. The number of hydrogen-bond donors (Lipinski definition) is 0. The van der Waals surface area contributed by atoms with E-state index in [0.717, 1.165) is 13.1 Å². The van der Waals surface area contributed by atoms with Crippen LogP contribution in [0.1, 0.15) is 25.0 Å². The third kappa shape index (κ3) is 1.88. The molecule has 0 aliphatic carbocycles. The molecule has 1 heterocycles. The molecule has 2 heteroatoms. The van der Waals surface area contributed by atoms with E-state index < -0.39 is 0 Å². The molecule has 2 rings (SSSR count). The highest BCUT2D eigenvalue weighted by Crippen LogP contribution is 2.26. The van der Waals surface area contributed by atoms with Gasteiger partial charge in [0.05, 0.1) is 6.07 Å². The number of benzene rings is 1. The van der Waals surface area contributed by atoms with Gasteiger partial charge in [0.2, 0.25) is 0 Å². The molecule has 0 fully saturated rings. The summed E-state index contributed by atoms with van der Waals surface area (Å²) >= 11 is 0. The number of hydrogen-bond acceptors (Lipinski definition) is 2. The molecular weight excluding hydrogens is 184 g/mol. The first kappa shape index (κ1) is 10.2. The van der Waals surface area contributed by atoms with Crippen LogP contribution in [0, 0.1) is 17.2 Å². The van der Waals surface area contributed by atoms with Crippen LogP contribution in [-0.4, -0.2) is 10.9 Å². The SMILES string of the molecule is CC(C)C(C#N)N1Cc2ccccc2C1. The summed E-state index contributed by atoms with van der Waals surface area (Å²) in [5.41, 5.74) is 2.75. The number of fused-ring (bicyclic) bond motifs is 1. The Morgan fingerprint density at radius 3 is 2.13 bits per heavy atom. The van der Waals surface area contributed by atoms with Crippen LogP contribution in [0.15, 0.2) is 24.3 Å². The zero-order valence-electron chi connectivity index (χ0n) is 9.27. The van der Waals surface area contributed by atoms with Gasteiger partial charge >= 0.3 is 0 Å². The zero-order chi connectivity index (χ0) is 10.8. The van der Waals surface area contributed by atoms with Crippen molar-refractivity contribution < 1.29 is 0 Å². The number of nitrogens with zero attached hydrogens (tertiary/aromatic N) is 2. The van der Waals surface area contributed by atoms with E-state index in [9.17, 15) is 0 Å². The second-order valence-electron chi connectivity index (χ2n) is 4.49. The van der Waals surface area contributed by atoms with Gasteiger partial charge < -0.3 is 0 Å². The van der Waals surface area contributed by atoms with Crippen LogP contribution in [0.5, 0.6) is 0 Å². The minimum absolute atomic E-state index is 0.0393. The fraction of sp³-hybridized carbons (Fsp3) is 0.462. The Labute approximate surface area is 91.1 Å². The molecule has 0 bridgehead atoms. The molecule has 0 aromatic heterocycles. The van der Waals surface area contributed by atoms with Gasteiger partial charge in [0.15, 0.2) is 0 Å². The smallest absolute Gasteiger partial charge is 0.101 e. The summed E-state index contributed by atoms with van der Waals surface area (Å²) in [6.45, 7) is 6.06. The van der Waals surface area contributed by atoms with Crippen molar-refractivity contribution >= 4 is 0 Å². The van der Waals surface area contributed by atoms with Crippen molar-refractivity contribution in [3.8, 4) is 6.07 Å². The van der Waals surface area contributed by atoms with Crippen LogP contribution in [0.25, 0.3) is 0 Å². The molecule has 1 unspecified atom stereocenters. The number of nitriles is 1. The highest BCUT2D eigenvalue weighted by molar-refractivity contribution is 5.30. The van der Waals surface area contributed by atoms with Crippen molar-refractivity contribution in [3.05, 3.63) is 35.4 Å². The molecule has 2 nitrogen and oxygen atoms in total. The van der Waals surface area contributed by atoms with E-state index >= 15 is 0 Å².